The predicted octanol–water partition coefficient (Wildman–Crippen LogP) is 3.24. The first kappa shape index (κ1) is 22.1. The molecule has 0 aliphatic carbocycles. The van der Waals surface area contributed by atoms with Gasteiger partial charge in [0.05, 0.1) is 21.8 Å². The lowest BCUT2D eigenvalue weighted by molar-refractivity contribution is -0.133. The van der Waals surface area contributed by atoms with Gasteiger partial charge in [0.1, 0.15) is 5.70 Å². The van der Waals surface area contributed by atoms with E-state index in [1.165, 1.54) is 24.3 Å². The van der Waals surface area contributed by atoms with E-state index in [1.54, 1.807) is 19.1 Å². The largest absolute Gasteiger partial charge is 0.431 e. The van der Waals surface area contributed by atoms with Crippen LogP contribution < -0.4 is 9.80 Å². The van der Waals surface area contributed by atoms with E-state index in [1.807, 2.05) is 0 Å². The molecule has 0 spiro atoms. The summed E-state index contributed by atoms with van der Waals surface area (Å²) >= 11 is 6.25. The lowest BCUT2D eigenvalue weighted by atomic mass is 10.0. The molecule has 32 heavy (non-hydrogen) atoms. The third-order valence-corrected chi connectivity index (χ3v) is 5.77. The Kier molecular flexibility index (Phi) is 5.19. The van der Waals surface area contributed by atoms with E-state index >= 15 is 0 Å². The second-order valence-electron chi connectivity index (χ2n) is 7.41. The molecule has 0 bridgehead atoms. The average molecular weight is 468 g/mol. The highest BCUT2D eigenvalue weighted by atomic mass is 35.5. The van der Waals surface area contributed by atoms with Gasteiger partial charge in [-0.2, -0.15) is 13.2 Å². The molecule has 2 heterocycles. The Bertz CT molecular complexity index is 1170. The number of alkyl halides is 3. The summed E-state index contributed by atoms with van der Waals surface area (Å²) in [5, 5.41) is 20.8. The Morgan fingerprint density at radius 2 is 1.75 bits per heavy atom. The van der Waals surface area contributed by atoms with Crippen molar-refractivity contribution in [2.75, 3.05) is 16.8 Å². The minimum atomic E-state index is -4.79. The van der Waals surface area contributed by atoms with Crippen molar-refractivity contribution < 1.29 is 33.0 Å². The molecule has 168 valence electrons. The molecular weight excluding hydrogens is 451 g/mol. The van der Waals surface area contributed by atoms with Gasteiger partial charge in [-0.05, 0) is 42.8 Å². The lowest BCUT2D eigenvalue weighted by Gasteiger charge is -2.43. The highest BCUT2D eigenvalue weighted by Gasteiger charge is 2.45. The zero-order valence-electron chi connectivity index (χ0n) is 16.8. The van der Waals surface area contributed by atoms with E-state index in [9.17, 15) is 33.0 Å². The zero-order chi connectivity index (χ0) is 23.5. The molecule has 2 aliphatic heterocycles. The second-order valence-corrected chi connectivity index (χ2v) is 7.81. The number of halogens is 4. The fourth-order valence-electron chi connectivity index (χ4n) is 3.87. The van der Waals surface area contributed by atoms with Gasteiger partial charge in [-0.15, -0.1) is 0 Å². The quantitative estimate of drug-likeness (QED) is 0.660. The Morgan fingerprint density at radius 3 is 2.38 bits per heavy atom. The molecule has 2 amide bonds. The maximum atomic E-state index is 13.2. The molecule has 0 fully saturated rings. The van der Waals surface area contributed by atoms with Gasteiger partial charge in [0, 0.05) is 12.7 Å². The number of amides is 2. The molecule has 2 atom stereocenters. The number of carbonyl (C=O) groups is 2. The number of hydrogen-bond donors (Lipinski definition) is 2. The summed E-state index contributed by atoms with van der Waals surface area (Å²) in [6.45, 7) is 1.69. The topological polar surface area (TPSA) is 84.3 Å². The van der Waals surface area contributed by atoms with Crippen molar-refractivity contribution in [2.45, 2.75) is 25.7 Å². The summed E-state index contributed by atoms with van der Waals surface area (Å²) in [7, 11) is 1.02. The number of allylic oxidation sites excluding steroid dienone is 1. The van der Waals surface area contributed by atoms with Crippen LogP contribution in [0.1, 0.15) is 26.3 Å². The summed E-state index contributed by atoms with van der Waals surface area (Å²) in [4.78, 5) is 28.2. The van der Waals surface area contributed by atoms with Crippen LogP contribution in [-0.4, -0.2) is 52.7 Å². The molecule has 2 aromatic carbocycles. The van der Waals surface area contributed by atoms with Crippen LogP contribution in [0.25, 0.3) is 0 Å². The molecule has 0 aromatic heterocycles. The van der Waals surface area contributed by atoms with Crippen molar-refractivity contribution in [3.8, 4) is 0 Å². The van der Waals surface area contributed by atoms with Crippen LogP contribution in [0.2, 0.25) is 5.02 Å². The number of aliphatic hydroxyl groups is 2. The minimum absolute atomic E-state index is 0.0255. The summed E-state index contributed by atoms with van der Waals surface area (Å²) in [5.74, 6) is -1.21. The Morgan fingerprint density at radius 1 is 1.06 bits per heavy atom. The molecule has 2 aliphatic rings. The molecule has 2 aromatic rings. The van der Waals surface area contributed by atoms with Crippen LogP contribution in [0.3, 0.4) is 0 Å². The van der Waals surface area contributed by atoms with Crippen LogP contribution in [0.5, 0.6) is 0 Å². The highest BCUT2D eigenvalue weighted by molar-refractivity contribution is 6.40. The molecule has 4 rings (SSSR count). The third-order valence-electron chi connectivity index (χ3n) is 5.45. The SMILES string of the molecule is Cc1cccc2c1C(=O)N(c1cc(N3C(O)C=C(C(F)(F)F)N(C)C3O)ccc1Cl)C2=O. The summed E-state index contributed by atoms with van der Waals surface area (Å²) in [5.41, 5.74) is -0.159. The number of nitrogens with zero attached hydrogens (tertiary/aromatic N) is 3. The fourth-order valence-corrected chi connectivity index (χ4v) is 4.08. The molecule has 7 nitrogen and oxygen atoms in total. The van der Waals surface area contributed by atoms with E-state index in [2.05, 4.69) is 0 Å². The van der Waals surface area contributed by atoms with Crippen LogP contribution in [0, 0.1) is 6.92 Å². The van der Waals surface area contributed by atoms with Crippen LogP contribution in [-0.2, 0) is 0 Å². The van der Waals surface area contributed by atoms with Crippen LogP contribution >= 0.6 is 11.6 Å². The van der Waals surface area contributed by atoms with Gasteiger partial charge in [-0.3, -0.25) is 14.5 Å². The molecule has 0 radical (unpaired) electrons. The zero-order valence-corrected chi connectivity index (χ0v) is 17.5. The third kappa shape index (κ3) is 3.31. The maximum absolute atomic E-state index is 13.2. The number of aryl methyl sites for hydroxylation is 1. The van der Waals surface area contributed by atoms with Crippen molar-refractivity contribution in [3.05, 3.63) is 69.9 Å². The van der Waals surface area contributed by atoms with Crippen LogP contribution in [0.4, 0.5) is 24.5 Å². The first-order chi connectivity index (χ1) is 14.9. The van der Waals surface area contributed by atoms with E-state index in [4.69, 9.17) is 11.6 Å². The first-order valence-corrected chi connectivity index (χ1v) is 9.75. The molecule has 0 saturated heterocycles. The van der Waals surface area contributed by atoms with E-state index in [-0.39, 0.29) is 27.5 Å². The Labute approximate surface area is 185 Å². The number of rotatable bonds is 2. The number of carbonyl (C=O) groups excluding carboxylic acids is 2. The van der Waals surface area contributed by atoms with Gasteiger partial charge in [0.15, 0.2) is 6.23 Å². The highest BCUT2D eigenvalue weighted by Crippen LogP contribution is 2.40. The molecule has 2 N–H and O–H groups in total. The van der Waals surface area contributed by atoms with E-state index in [0.717, 1.165) is 16.8 Å². The maximum Gasteiger partial charge on any atom is 0.431 e. The van der Waals surface area contributed by atoms with Crippen molar-refractivity contribution in [1.29, 1.82) is 0 Å². The number of hydrogen-bond acceptors (Lipinski definition) is 6. The van der Waals surface area contributed by atoms with Gasteiger partial charge in [0.25, 0.3) is 11.8 Å². The summed E-state index contributed by atoms with van der Waals surface area (Å²) in [6, 6.07) is 8.77. The molecule has 11 heteroatoms. The number of anilines is 2. The molecule has 2 unspecified atom stereocenters. The van der Waals surface area contributed by atoms with Crippen molar-refractivity contribution in [1.82, 2.24) is 4.90 Å². The van der Waals surface area contributed by atoms with Crippen molar-refractivity contribution >= 4 is 34.8 Å². The summed E-state index contributed by atoms with van der Waals surface area (Å²) in [6.07, 6.45) is -7.96. The normalized spacial score (nSPS) is 21.2. The van der Waals surface area contributed by atoms with Gasteiger partial charge >= 0.3 is 6.18 Å². The summed E-state index contributed by atoms with van der Waals surface area (Å²) < 4.78 is 39.6. The fraction of sp³-hybridized carbons (Fsp3) is 0.238. The van der Waals surface area contributed by atoms with E-state index in [0.29, 0.717) is 16.5 Å². The standard InChI is InChI=1S/C21H17ClF3N3O4/c1-10-4-3-5-12-17(10)19(31)28(18(12)30)14-8-11(6-7-13(14)22)27-16(29)9-15(21(23,24)25)26(2)20(27)32/h3-9,16,20,29,32H,1-2H3. The number of aliphatic hydroxyl groups excluding tert-OH is 2. The molecular formula is C21H17ClF3N3O4. The van der Waals surface area contributed by atoms with Crippen molar-refractivity contribution in [2.24, 2.45) is 0 Å². The monoisotopic (exact) mass is 467 g/mol. The second kappa shape index (κ2) is 7.51. The predicted molar refractivity (Wildman–Crippen MR) is 110 cm³/mol. The number of fused-ring (bicyclic) bond motifs is 1. The number of benzene rings is 2. The van der Waals surface area contributed by atoms with Crippen molar-refractivity contribution in [3.63, 3.8) is 0 Å². The van der Waals surface area contributed by atoms with Gasteiger partial charge in [-0.1, -0.05) is 23.7 Å². The smallest absolute Gasteiger partial charge is 0.370 e. The molecule has 0 saturated carbocycles. The first-order valence-electron chi connectivity index (χ1n) is 9.37. The minimum Gasteiger partial charge on any atom is -0.370 e. The average Bonchev–Trinajstić information content (AvgIpc) is 2.96. The van der Waals surface area contributed by atoms with Gasteiger partial charge in [-0.25, -0.2) is 4.90 Å². The Balaban J connectivity index is 1.77. The van der Waals surface area contributed by atoms with E-state index < -0.39 is 36.3 Å². The van der Waals surface area contributed by atoms with Crippen LogP contribution in [0.15, 0.2) is 48.2 Å². The number of imide groups is 1. The Hall–Kier alpha value is -3.08. The van der Waals surface area contributed by atoms with Gasteiger partial charge in [0.2, 0.25) is 6.35 Å². The lowest BCUT2D eigenvalue weighted by Crippen LogP contribution is -2.56. The van der Waals surface area contributed by atoms with Gasteiger partial charge < -0.3 is 15.1 Å².